The van der Waals surface area contributed by atoms with Gasteiger partial charge in [-0.15, -0.1) is 0 Å². The third kappa shape index (κ3) is 5.16. The maximum Gasteiger partial charge on any atom is 0.246 e. The van der Waals surface area contributed by atoms with E-state index in [4.69, 9.17) is 13.9 Å². The monoisotopic (exact) mass is 435 g/mol. The molecule has 2 aromatic carbocycles. The molecular weight excluding hydrogens is 402 g/mol. The summed E-state index contributed by atoms with van der Waals surface area (Å²) in [5.74, 6) is 1.56. The predicted molar refractivity (Wildman–Crippen MR) is 130 cm³/mol. The highest BCUT2D eigenvalue weighted by Crippen LogP contribution is 2.37. The first-order valence-corrected chi connectivity index (χ1v) is 11.3. The summed E-state index contributed by atoms with van der Waals surface area (Å²) < 4.78 is 17.0. The second-order valence-electron chi connectivity index (χ2n) is 7.81. The topological polar surface area (TPSA) is 51.9 Å². The molecular formula is C27H33NO4. The zero-order valence-electron chi connectivity index (χ0n) is 19.7. The van der Waals surface area contributed by atoms with Gasteiger partial charge in [0.25, 0.3) is 0 Å². The summed E-state index contributed by atoms with van der Waals surface area (Å²) in [5.41, 5.74) is 4.52. The molecule has 0 bridgehead atoms. The Labute approximate surface area is 190 Å². The van der Waals surface area contributed by atoms with Crippen LogP contribution in [0.15, 0.2) is 53.2 Å². The van der Waals surface area contributed by atoms with E-state index < -0.39 is 0 Å². The Morgan fingerprint density at radius 1 is 1.06 bits per heavy atom. The SMILES string of the molecule is CCCN(CCC)C(=O)/C=C(\C)c1cc2c(-c3ccc(OCC)cc3)coc2cc1OC. The minimum absolute atomic E-state index is 0.0345. The number of hydrogen-bond acceptors (Lipinski definition) is 4. The van der Waals surface area contributed by atoms with E-state index >= 15 is 0 Å². The molecule has 170 valence electrons. The number of rotatable bonds is 10. The minimum atomic E-state index is 0.0345. The number of fused-ring (bicyclic) bond motifs is 1. The summed E-state index contributed by atoms with van der Waals surface area (Å²) in [4.78, 5) is 14.8. The molecule has 5 nitrogen and oxygen atoms in total. The molecule has 1 amide bonds. The molecule has 5 heteroatoms. The predicted octanol–water partition coefficient (Wildman–Crippen LogP) is 6.56. The Kier molecular flexibility index (Phi) is 7.98. The molecule has 0 radical (unpaired) electrons. The number of carbonyl (C=O) groups excluding carboxylic acids is 1. The van der Waals surface area contributed by atoms with E-state index in [0.29, 0.717) is 12.4 Å². The fourth-order valence-electron chi connectivity index (χ4n) is 3.88. The Morgan fingerprint density at radius 2 is 1.75 bits per heavy atom. The molecule has 0 aliphatic carbocycles. The summed E-state index contributed by atoms with van der Waals surface area (Å²) in [7, 11) is 1.64. The standard InChI is InChI=1S/C27H33NO4/c1-6-13-28(14-7-2)27(29)15-19(4)22-16-23-24(18-32-26(23)17-25(22)30-5)20-9-11-21(12-10-20)31-8-3/h9-12,15-18H,6-8,13-14H2,1-5H3/b19-15+. The maximum atomic E-state index is 12.9. The zero-order chi connectivity index (χ0) is 23.1. The molecule has 0 aliphatic rings. The van der Waals surface area contributed by atoms with Crippen molar-refractivity contribution in [3.63, 3.8) is 0 Å². The Hall–Kier alpha value is -3.21. The second kappa shape index (κ2) is 10.9. The summed E-state index contributed by atoms with van der Waals surface area (Å²) in [5, 5.41) is 0.976. The van der Waals surface area contributed by atoms with Gasteiger partial charge in [-0.2, -0.15) is 0 Å². The van der Waals surface area contributed by atoms with Crippen LogP contribution < -0.4 is 9.47 Å². The first-order valence-electron chi connectivity index (χ1n) is 11.3. The molecule has 0 saturated heterocycles. The number of allylic oxidation sites excluding steroid dienone is 1. The van der Waals surface area contributed by atoms with Gasteiger partial charge in [-0.05, 0) is 56.0 Å². The molecule has 1 aromatic heterocycles. The molecule has 0 aliphatic heterocycles. The average molecular weight is 436 g/mol. The summed E-state index contributed by atoms with van der Waals surface area (Å²) in [6.45, 7) is 10.3. The van der Waals surface area contributed by atoms with Crippen LogP contribution in [-0.2, 0) is 4.79 Å². The van der Waals surface area contributed by atoms with Crippen molar-refractivity contribution < 1.29 is 18.7 Å². The lowest BCUT2D eigenvalue weighted by molar-refractivity contribution is -0.126. The second-order valence-corrected chi connectivity index (χ2v) is 7.81. The number of hydrogen-bond donors (Lipinski definition) is 0. The molecule has 0 spiro atoms. The van der Waals surface area contributed by atoms with E-state index in [9.17, 15) is 4.79 Å². The first kappa shape index (κ1) is 23.5. The van der Waals surface area contributed by atoms with Crippen LogP contribution in [0.1, 0.15) is 46.1 Å². The number of methoxy groups -OCH3 is 1. The van der Waals surface area contributed by atoms with Crippen molar-refractivity contribution in [1.29, 1.82) is 0 Å². The molecule has 0 unspecified atom stereocenters. The summed E-state index contributed by atoms with van der Waals surface area (Å²) >= 11 is 0. The lowest BCUT2D eigenvalue weighted by atomic mass is 9.99. The van der Waals surface area contributed by atoms with Crippen molar-refractivity contribution in [2.75, 3.05) is 26.8 Å². The van der Waals surface area contributed by atoms with E-state index in [2.05, 4.69) is 13.8 Å². The van der Waals surface area contributed by atoms with Crippen molar-refractivity contribution in [3.8, 4) is 22.6 Å². The molecule has 0 fully saturated rings. The van der Waals surface area contributed by atoms with Gasteiger partial charge in [-0.3, -0.25) is 4.79 Å². The summed E-state index contributed by atoms with van der Waals surface area (Å²) in [6.07, 6.45) is 5.35. The smallest absolute Gasteiger partial charge is 0.246 e. The number of ether oxygens (including phenoxy) is 2. The van der Waals surface area contributed by atoms with Gasteiger partial charge in [0, 0.05) is 41.7 Å². The zero-order valence-corrected chi connectivity index (χ0v) is 19.7. The van der Waals surface area contributed by atoms with Crippen LogP contribution in [0, 0.1) is 0 Å². The highest BCUT2D eigenvalue weighted by Gasteiger charge is 2.16. The van der Waals surface area contributed by atoms with Crippen molar-refractivity contribution >= 4 is 22.4 Å². The lowest BCUT2D eigenvalue weighted by Crippen LogP contribution is -2.31. The van der Waals surface area contributed by atoms with Gasteiger partial charge in [0.05, 0.1) is 20.0 Å². The van der Waals surface area contributed by atoms with E-state index in [1.54, 1.807) is 19.4 Å². The van der Waals surface area contributed by atoms with Crippen molar-refractivity contribution in [2.24, 2.45) is 0 Å². The lowest BCUT2D eigenvalue weighted by Gasteiger charge is -2.20. The van der Waals surface area contributed by atoms with Crippen LogP contribution >= 0.6 is 0 Å². The highest BCUT2D eigenvalue weighted by molar-refractivity contribution is 6.00. The van der Waals surface area contributed by atoms with Crippen LogP contribution in [-0.4, -0.2) is 37.6 Å². The first-order chi connectivity index (χ1) is 15.5. The normalized spacial score (nSPS) is 11.6. The molecule has 1 heterocycles. The summed E-state index contributed by atoms with van der Waals surface area (Å²) in [6, 6.07) is 11.9. The number of benzene rings is 2. The van der Waals surface area contributed by atoms with Crippen LogP contribution in [0.3, 0.4) is 0 Å². The van der Waals surface area contributed by atoms with Gasteiger partial charge in [0.15, 0.2) is 0 Å². The van der Waals surface area contributed by atoms with Crippen molar-refractivity contribution in [2.45, 2.75) is 40.5 Å². The quantitative estimate of drug-likeness (QED) is 0.338. The number of carbonyl (C=O) groups is 1. The van der Waals surface area contributed by atoms with Gasteiger partial charge in [0.1, 0.15) is 17.1 Å². The van der Waals surface area contributed by atoms with Crippen LogP contribution in [0.4, 0.5) is 0 Å². The molecule has 3 aromatic rings. The molecule has 32 heavy (non-hydrogen) atoms. The molecule has 0 N–H and O–H groups in total. The van der Waals surface area contributed by atoms with Crippen molar-refractivity contribution in [3.05, 3.63) is 54.3 Å². The maximum absolute atomic E-state index is 12.9. The molecule has 0 atom stereocenters. The van der Waals surface area contributed by atoms with Crippen molar-refractivity contribution in [1.82, 2.24) is 4.90 Å². The number of nitrogens with zero attached hydrogens (tertiary/aromatic N) is 1. The minimum Gasteiger partial charge on any atom is -0.496 e. The van der Waals surface area contributed by atoms with Crippen LogP contribution in [0.25, 0.3) is 27.7 Å². The Balaban J connectivity index is 2.01. The van der Waals surface area contributed by atoms with E-state index in [-0.39, 0.29) is 5.91 Å². The molecule has 3 rings (SSSR count). The average Bonchev–Trinajstić information content (AvgIpc) is 3.21. The van der Waals surface area contributed by atoms with E-state index in [0.717, 1.165) is 64.9 Å². The van der Waals surface area contributed by atoms with Gasteiger partial charge < -0.3 is 18.8 Å². The Bertz CT molecular complexity index is 1070. The van der Waals surface area contributed by atoms with Gasteiger partial charge >= 0.3 is 0 Å². The fourth-order valence-corrected chi connectivity index (χ4v) is 3.88. The third-order valence-electron chi connectivity index (χ3n) is 5.44. The van der Waals surface area contributed by atoms with E-state index in [1.807, 2.05) is 55.1 Å². The van der Waals surface area contributed by atoms with Crippen LogP contribution in [0.2, 0.25) is 0 Å². The van der Waals surface area contributed by atoms with Gasteiger partial charge in [-0.25, -0.2) is 0 Å². The van der Waals surface area contributed by atoms with Crippen LogP contribution in [0.5, 0.6) is 11.5 Å². The highest BCUT2D eigenvalue weighted by atomic mass is 16.5. The van der Waals surface area contributed by atoms with E-state index in [1.165, 1.54) is 0 Å². The van der Waals surface area contributed by atoms with Gasteiger partial charge in [0.2, 0.25) is 5.91 Å². The third-order valence-corrected chi connectivity index (χ3v) is 5.44. The largest absolute Gasteiger partial charge is 0.496 e. The fraction of sp³-hybridized carbons (Fsp3) is 0.370. The Morgan fingerprint density at radius 3 is 2.34 bits per heavy atom. The van der Waals surface area contributed by atoms with Gasteiger partial charge in [-0.1, -0.05) is 26.0 Å². The molecule has 0 saturated carbocycles. The number of furan rings is 1. The number of amides is 1.